The molecule has 122 valence electrons. The molecular weight excluding hydrogens is 276 g/mol. The highest BCUT2D eigenvalue weighted by Gasteiger charge is 2.52. The van der Waals surface area contributed by atoms with Crippen LogP contribution in [0.2, 0.25) is 0 Å². The molecule has 1 spiro atoms. The van der Waals surface area contributed by atoms with Crippen molar-refractivity contribution in [3.63, 3.8) is 0 Å². The average Bonchev–Trinajstić information content (AvgIpc) is 2.34. The van der Waals surface area contributed by atoms with E-state index in [1.54, 1.807) is 20.8 Å². The number of aliphatic hydroxyl groups is 1. The first-order valence-corrected chi connectivity index (χ1v) is 7.95. The maximum absolute atomic E-state index is 10.6. The number of nitrogens with two attached hydrogens (primary N) is 1. The number of hydrogen-bond donors (Lipinski definition) is 2. The Labute approximate surface area is 133 Å². The lowest BCUT2D eigenvalue weighted by atomic mass is 9.56. The molecule has 1 aliphatic carbocycles. The normalized spacial score (nSPS) is 19.8. The van der Waals surface area contributed by atoms with Crippen molar-refractivity contribution in [1.29, 1.82) is 0 Å². The van der Waals surface area contributed by atoms with Crippen LogP contribution >= 0.6 is 0 Å². The molecule has 4 nitrogen and oxygen atoms in total. The van der Waals surface area contributed by atoms with Gasteiger partial charge in [0, 0.05) is 25.0 Å². The minimum Gasteiger partial charge on any atom is -0.391 e. The van der Waals surface area contributed by atoms with Crippen LogP contribution in [0.3, 0.4) is 0 Å². The molecule has 0 radical (unpaired) electrons. The highest BCUT2D eigenvalue weighted by molar-refractivity contribution is 5.50. The predicted octanol–water partition coefficient (Wildman–Crippen LogP) is 2.26. The van der Waals surface area contributed by atoms with E-state index >= 15 is 0 Å². The van der Waals surface area contributed by atoms with Gasteiger partial charge in [-0.2, -0.15) is 0 Å². The summed E-state index contributed by atoms with van der Waals surface area (Å²) < 4.78 is 0. The lowest BCUT2D eigenvalue weighted by Crippen LogP contribution is -2.60. The summed E-state index contributed by atoms with van der Waals surface area (Å²) >= 11 is 0. The van der Waals surface area contributed by atoms with Crippen molar-refractivity contribution in [2.75, 3.05) is 13.1 Å². The van der Waals surface area contributed by atoms with E-state index in [1.807, 2.05) is 4.90 Å². The van der Waals surface area contributed by atoms with Crippen LogP contribution in [0.1, 0.15) is 50.7 Å². The fraction of sp³-hybridized carbons (Fsp3) is 0.611. The molecule has 2 aliphatic rings. The van der Waals surface area contributed by atoms with Crippen LogP contribution in [-0.2, 0) is 11.3 Å². The number of carbonyl (C=O) groups excluding carboxylic acids is 1. The minimum atomic E-state index is -0.500. The van der Waals surface area contributed by atoms with Gasteiger partial charge >= 0.3 is 0 Å². The molecule has 1 heterocycles. The Bertz CT molecular complexity index is 485. The summed E-state index contributed by atoms with van der Waals surface area (Å²) in [6.07, 6.45) is 3.44. The van der Waals surface area contributed by atoms with Crippen molar-refractivity contribution in [3.8, 4) is 0 Å². The van der Waals surface area contributed by atoms with E-state index in [4.69, 9.17) is 10.8 Å². The smallest absolute Gasteiger partial charge is 0.209 e. The fourth-order valence-electron chi connectivity index (χ4n) is 3.30. The molecule has 3 N–H and O–H groups in total. The Kier molecular flexibility index (Phi) is 4.93. The van der Waals surface area contributed by atoms with E-state index in [0.717, 1.165) is 19.5 Å². The zero-order valence-corrected chi connectivity index (χ0v) is 13.9. The number of amides is 1. The van der Waals surface area contributed by atoms with E-state index in [1.165, 1.54) is 24.0 Å². The summed E-state index contributed by atoms with van der Waals surface area (Å²) in [6.45, 7) is 7.78. The van der Waals surface area contributed by atoms with Crippen LogP contribution < -0.4 is 5.73 Å². The van der Waals surface area contributed by atoms with E-state index < -0.39 is 5.60 Å². The van der Waals surface area contributed by atoms with Gasteiger partial charge < -0.3 is 15.7 Å². The van der Waals surface area contributed by atoms with Crippen molar-refractivity contribution in [2.45, 2.75) is 51.7 Å². The van der Waals surface area contributed by atoms with Gasteiger partial charge in [-0.1, -0.05) is 24.3 Å². The zero-order valence-electron chi connectivity index (χ0n) is 13.9. The lowest BCUT2D eigenvalue weighted by Gasteiger charge is -2.58. The van der Waals surface area contributed by atoms with Crippen molar-refractivity contribution < 1.29 is 9.90 Å². The van der Waals surface area contributed by atoms with Gasteiger partial charge in [0.05, 0.1) is 5.60 Å². The number of hydrogen-bond acceptors (Lipinski definition) is 3. The largest absolute Gasteiger partial charge is 0.391 e. The topological polar surface area (TPSA) is 66.6 Å². The third kappa shape index (κ3) is 4.31. The van der Waals surface area contributed by atoms with Crippen LogP contribution in [0.25, 0.3) is 0 Å². The van der Waals surface area contributed by atoms with Crippen LogP contribution in [0.5, 0.6) is 0 Å². The van der Waals surface area contributed by atoms with Gasteiger partial charge in [-0.15, -0.1) is 0 Å². The van der Waals surface area contributed by atoms with Crippen molar-refractivity contribution in [2.24, 2.45) is 11.1 Å². The van der Waals surface area contributed by atoms with Gasteiger partial charge in [0.1, 0.15) is 0 Å². The Morgan fingerprint density at radius 2 is 1.77 bits per heavy atom. The molecule has 0 bridgehead atoms. The summed E-state index contributed by atoms with van der Waals surface area (Å²) in [5.74, 6) is 0.690. The highest BCUT2D eigenvalue weighted by atomic mass is 16.3. The first-order valence-electron chi connectivity index (χ1n) is 7.95. The molecule has 1 aliphatic heterocycles. The summed E-state index contributed by atoms with van der Waals surface area (Å²) in [4.78, 5) is 12.4. The van der Waals surface area contributed by atoms with Gasteiger partial charge in [0.25, 0.3) is 0 Å². The molecule has 1 saturated carbocycles. The molecular formula is C18H28N2O2. The van der Waals surface area contributed by atoms with E-state index in [2.05, 4.69) is 24.3 Å². The molecule has 1 saturated heterocycles. The maximum Gasteiger partial charge on any atom is 0.209 e. The first kappa shape index (κ1) is 17.0. The summed E-state index contributed by atoms with van der Waals surface area (Å²) in [5.41, 5.74) is 8.17. The van der Waals surface area contributed by atoms with Crippen LogP contribution in [-0.4, -0.2) is 35.1 Å². The van der Waals surface area contributed by atoms with Gasteiger partial charge in [-0.25, -0.2) is 0 Å². The second-order valence-corrected chi connectivity index (χ2v) is 7.73. The zero-order chi connectivity index (χ0) is 16.4. The van der Waals surface area contributed by atoms with Crippen molar-refractivity contribution >= 4 is 6.41 Å². The number of benzene rings is 1. The van der Waals surface area contributed by atoms with E-state index in [-0.39, 0.29) is 0 Å². The fourth-order valence-corrected chi connectivity index (χ4v) is 3.30. The number of rotatable bonds is 3. The predicted molar refractivity (Wildman–Crippen MR) is 88.4 cm³/mol. The molecule has 0 aromatic heterocycles. The third-order valence-corrected chi connectivity index (χ3v) is 4.27. The lowest BCUT2D eigenvalue weighted by molar-refractivity contribution is -0.137. The van der Waals surface area contributed by atoms with Crippen LogP contribution in [0.4, 0.5) is 0 Å². The Morgan fingerprint density at radius 1 is 1.27 bits per heavy atom. The molecule has 1 aromatic rings. The second-order valence-electron chi connectivity index (χ2n) is 7.73. The van der Waals surface area contributed by atoms with Crippen molar-refractivity contribution in [3.05, 3.63) is 35.4 Å². The Balaban J connectivity index is 0.000000309. The standard InChI is InChI=1S/C14H18N2O.C4H10O/c15-7-11-1-3-12(4-2-11)13-5-14(6-13)8-16(9-14)10-17;1-4(2,3)5/h1-4,10,13H,5-9,15H2;5H,1-3H3. The Hall–Kier alpha value is -1.39. The van der Waals surface area contributed by atoms with Gasteiger partial charge in [-0.3, -0.25) is 4.79 Å². The summed E-state index contributed by atoms with van der Waals surface area (Å²) in [6, 6.07) is 8.66. The van der Waals surface area contributed by atoms with Gasteiger partial charge in [0.2, 0.25) is 6.41 Å². The number of nitrogens with zero attached hydrogens (tertiary/aromatic N) is 1. The molecule has 1 aromatic carbocycles. The molecule has 1 amide bonds. The van der Waals surface area contributed by atoms with Crippen LogP contribution in [0.15, 0.2) is 24.3 Å². The molecule has 3 rings (SSSR count). The Morgan fingerprint density at radius 3 is 2.18 bits per heavy atom. The monoisotopic (exact) mass is 304 g/mol. The molecule has 0 unspecified atom stereocenters. The minimum absolute atomic E-state index is 0.456. The first-order chi connectivity index (χ1) is 10.2. The number of carbonyl (C=O) groups is 1. The average molecular weight is 304 g/mol. The summed E-state index contributed by atoms with van der Waals surface area (Å²) in [7, 11) is 0. The molecule has 2 fully saturated rings. The summed E-state index contributed by atoms with van der Waals surface area (Å²) in [5, 5.41) is 8.52. The molecule has 4 heteroatoms. The van der Waals surface area contributed by atoms with Gasteiger partial charge in [0.15, 0.2) is 0 Å². The van der Waals surface area contributed by atoms with Crippen molar-refractivity contribution in [1.82, 2.24) is 4.90 Å². The highest BCUT2D eigenvalue weighted by Crippen LogP contribution is 2.55. The van der Waals surface area contributed by atoms with Gasteiger partial charge in [-0.05, 0) is 50.7 Å². The van der Waals surface area contributed by atoms with E-state index in [0.29, 0.717) is 17.9 Å². The van der Waals surface area contributed by atoms with Crippen LogP contribution in [0, 0.1) is 5.41 Å². The maximum atomic E-state index is 10.6. The second kappa shape index (κ2) is 6.39. The molecule has 0 atom stereocenters. The third-order valence-electron chi connectivity index (χ3n) is 4.27. The molecule has 22 heavy (non-hydrogen) atoms. The number of likely N-dealkylation sites (tertiary alicyclic amines) is 1. The quantitative estimate of drug-likeness (QED) is 0.842. The SMILES string of the molecule is CC(C)(C)O.NCc1ccc(C2CC3(C2)CN(C=O)C3)cc1. The van der Waals surface area contributed by atoms with E-state index in [9.17, 15) is 4.79 Å².